The lowest BCUT2D eigenvalue weighted by atomic mass is 9.49. The van der Waals surface area contributed by atoms with Gasteiger partial charge in [-0.15, -0.1) is 10.2 Å². The lowest BCUT2D eigenvalue weighted by Crippen LogP contribution is -2.60. The monoisotopic (exact) mass is 627 g/mol. The summed E-state index contributed by atoms with van der Waals surface area (Å²) in [5.41, 5.74) is 0.795. The molecule has 0 atom stereocenters. The van der Waals surface area contributed by atoms with Crippen LogP contribution in [0.25, 0.3) is 0 Å². The number of likely N-dealkylation sites (N-methyl/N-ethyl adjacent to an activating group) is 2. The maximum absolute atomic E-state index is 14.4. The van der Waals surface area contributed by atoms with Crippen molar-refractivity contribution in [3.63, 3.8) is 0 Å². The van der Waals surface area contributed by atoms with E-state index < -0.39 is 17.2 Å². The topological polar surface area (TPSA) is 70.0 Å². The number of ether oxygens (including phenoxy) is 1. The van der Waals surface area contributed by atoms with Crippen molar-refractivity contribution in [2.24, 2.45) is 12.5 Å². The highest BCUT2D eigenvalue weighted by Gasteiger charge is 2.61. The Morgan fingerprint density at radius 1 is 1.07 bits per heavy atom. The number of hydrogen-bond donors (Lipinski definition) is 0. The largest absolute Gasteiger partial charge is 0.418 e. The van der Waals surface area contributed by atoms with E-state index >= 15 is 0 Å². The molecular weight excluding hydrogens is 583 g/mol. The summed E-state index contributed by atoms with van der Waals surface area (Å²) in [5, 5.41) is 8.52. The van der Waals surface area contributed by atoms with Crippen molar-refractivity contribution in [3.05, 3.63) is 77.3 Å². The molecule has 2 saturated heterocycles. The molecule has 1 aliphatic carbocycles. The number of benzene rings is 1. The van der Waals surface area contributed by atoms with Crippen molar-refractivity contribution in [1.82, 2.24) is 29.5 Å². The summed E-state index contributed by atoms with van der Waals surface area (Å²) >= 11 is 0. The number of carbonyl (C=O) groups excluding carboxylic acids is 1. The zero-order chi connectivity index (χ0) is 32.4. The van der Waals surface area contributed by atoms with Gasteiger partial charge in [0.15, 0.2) is 0 Å². The summed E-state index contributed by atoms with van der Waals surface area (Å²) in [5.74, 6) is 0.820. The molecule has 1 spiro atoms. The first-order valence-electron chi connectivity index (χ1n) is 15.6. The van der Waals surface area contributed by atoms with Crippen molar-refractivity contribution < 1.29 is 22.7 Å². The van der Waals surface area contributed by atoms with Crippen LogP contribution in [0.1, 0.15) is 44.5 Å². The maximum Gasteiger partial charge on any atom is 0.418 e. The van der Waals surface area contributed by atoms with Crippen LogP contribution in [0.5, 0.6) is 0 Å². The lowest BCUT2D eigenvalue weighted by Gasteiger charge is -2.59. The van der Waals surface area contributed by atoms with Crippen LogP contribution >= 0.6 is 0 Å². The van der Waals surface area contributed by atoms with Gasteiger partial charge in [-0.1, -0.05) is 32.4 Å². The van der Waals surface area contributed by atoms with Crippen molar-refractivity contribution >= 4 is 12.1 Å². The predicted octanol–water partition coefficient (Wildman–Crippen LogP) is 4.70. The molecule has 45 heavy (non-hydrogen) atoms. The molecular formula is C33H44F3N7O2. The number of aromatic nitrogens is 3. The third kappa shape index (κ3) is 6.73. The number of amides is 1. The van der Waals surface area contributed by atoms with Crippen LogP contribution in [0.15, 0.2) is 65.9 Å². The SMILES string of the molecule is CCC.CN1CCN(CC2=CN(C)/C(=C\N(C=O)c3cccc(C4(c5nncn5C)CC5(COC5)C4)c3)C(C(F)(F)F)=C2)CC1. The maximum atomic E-state index is 14.4. The van der Waals surface area contributed by atoms with Crippen LogP contribution < -0.4 is 4.90 Å². The molecule has 1 aromatic carbocycles. The third-order valence-electron chi connectivity index (χ3n) is 9.03. The second kappa shape index (κ2) is 13.1. The molecule has 1 saturated carbocycles. The molecule has 0 unspecified atom stereocenters. The van der Waals surface area contributed by atoms with Gasteiger partial charge < -0.3 is 19.1 Å². The zero-order valence-corrected chi connectivity index (χ0v) is 26.8. The third-order valence-corrected chi connectivity index (χ3v) is 9.03. The van der Waals surface area contributed by atoms with Gasteiger partial charge in [0.05, 0.1) is 29.9 Å². The number of alkyl halides is 3. The molecule has 4 aliphatic rings. The Hall–Kier alpha value is -3.48. The predicted molar refractivity (Wildman–Crippen MR) is 167 cm³/mol. The first-order chi connectivity index (χ1) is 21.4. The summed E-state index contributed by atoms with van der Waals surface area (Å²) < 4.78 is 50.6. The van der Waals surface area contributed by atoms with Crippen LogP contribution in [0.4, 0.5) is 18.9 Å². The van der Waals surface area contributed by atoms with E-state index in [2.05, 4.69) is 33.8 Å². The molecule has 244 valence electrons. The van der Waals surface area contributed by atoms with E-state index in [1.807, 2.05) is 36.9 Å². The van der Waals surface area contributed by atoms with E-state index in [0.29, 0.717) is 37.4 Å². The normalized spacial score (nSPS) is 22.1. The molecule has 1 aromatic heterocycles. The number of piperazine rings is 1. The molecule has 0 radical (unpaired) electrons. The van der Waals surface area contributed by atoms with Gasteiger partial charge in [0.1, 0.15) is 12.2 Å². The molecule has 0 N–H and O–H groups in total. The molecule has 3 aliphatic heterocycles. The molecule has 3 fully saturated rings. The Morgan fingerprint density at radius 2 is 1.76 bits per heavy atom. The van der Waals surface area contributed by atoms with Gasteiger partial charge in [-0.05, 0) is 49.2 Å². The minimum absolute atomic E-state index is 0.0969. The lowest BCUT2D eigenvalue weighted by molar-refractivity contribution is -0.182. The van der Waals surface area contributed by atoms with Crippen molar-refractivity contribution in [2.45, 2.75) is 44.7 Å². The Bertz CT molecular complexity index is 1440. The minimum Gasteiger partial charge on any atom is -0.380 e. The molecule has 2 aromatic rings. The van der Waals surface area contributed by atoms with E-state index in [1.165, 1.54) is 28.5 Å². The number of halogens is 3. The molecule has 1 amide bonds. The van der Waals surface area contributed by atoms with Crippen molar-refractivity contribution in [3.8, 4) is 0 Å². The van der Waals surface area contributed by atoms with Gasteiger partial charge >= 0.3 is 6.18 Å². The average molecular weight is 628 g/mol. The van der Waals surface area contributed by atoms with E-state index in [0.717, 1.165) is 50.4 Å². The summed E-state index contributed by atoms with van der Waals surface area (Å²) in [6.07, 6.45) is 4.71. The Kier molecular flexibility index (Phi) is 9.57. The van der Waals surface area contributed by atoms with Gasteiger partial charge in [-0.3, -0.25) is 14.6 Å². The molecule has 9 nitrogen and oxygen atoms in total. The molecule has 12 heteroatoms. The Morgan fingerprint density at radius 3 is 2.31 bits per heavy atom. The molecule has 0 bridgehead atoms. The first-order valence-corrected chi connectivity index (χ1v) is 15.6. The van der Waals surface area contributed by atoms with E-state index in [1.54, 1.807) is 25.6 Å². The number of aryl methyl sites for hydroxylation is 1. The van der Waals surface area contributed by atoms with Crippen LogP contribution in [0, 0.1) is 5.41 Å². The fourth-order valence-electron chi connectivity index (χ4n) is 6.84. The number of anilines is 1. The molecule has 6 rings (SSSR count). The highest BCUT2D eigenvalue weighted by Crippen LogP contribution is 2.61. The number of hydrogen-bond acceptors (Lipinski definition) is 7. The fourth-order valence-corrected chi connectivity index (χ4v) is 6.84. The summed E-state index contributed by atoms with van der Waals surface area (Å²) in [6, 6.07) is 7.43. The number of nitrogens with zero attached hydrogens (tertiary/aromatic N) is 7. The Balaban J connectivity index is 0.00000128. The number of allylic oxidation sites excluding steroid dienone is 1. The van der Waals surface area contributed by atoms with Crippen molar-refractivity contribution in [1.29, 1.82) is 0 Å². The average Bonchev–Trinajstić information content (AvgIpc) is 3.38. The van der Waals surface area contributed by atoms with Crippen molar-refractivity contribution in [2.75, 3.05) is 64.9 Å². The van der Waals surface area contributed by atoms with Crippen LogP contribution in [0.2, 0.25) is 0 Å². The second-order valence-electron chi connectivity index (χ2n) is 12.9. The number of rotatable bonds is 7. The van der Waals surface area contributed by atoms with Gasteiger partial charge in [-0.25, -0.2) is 0 Å². The standard InChI is InChI=1S/C30H36F3N7O2.C3H8/c1-36-7-9-39(10-8-36)14-22-11-25(30(31,32)33)26(37(2)13-22)15-40(21-41)24-6-4-5-23(12-24)29(27-35-34-20-38(27)3)16-28(17-29)18-42-19-28;1-3-2/h4-6,11-13,15,20-21H,7-10,14,16-19H2,1-3H3;3H2,1-2H3/b26-15-;. The molecule has 4 heterocycles. The summed E-state index contributed by atoms with van der Waals surface area (Å²) in [4.78, 5) is 19.4. The van der Waals surface area contributed by atoms with Crippen LogP contribution in [-0.2, 0) is 22.0 Å². The summed E-state index contributed by atoms with van der Waals surface area (Å²) in [7, 11) is 5.53. The highest BCUT2D eigenvalue weighted by atomic mass is 19.4. The number of carbonyl (C=O) groups is 1. The minimum atomic E-state index is -4.60. The van der Waals surface area contributed by atoms with Crippen LogP contribution in [-0.4, -0.2) is 102 Å². The van der Waals surface area contributed by atoms with E-state index in [9.17, 15) is 18.0 Å². The van der Waals surface area contributed by atoms with Gasteiger partial charge in [0.25, 0.3) is 0 Å². The van der Waals surface area contributed by atoms with Gasteiger partial charge in [0, 0.05) is 70.3 Å². The smallest absolute Gasteiger partial charge is 0.380 e. The Labute approximate surface area is 263 Å². The van der Waals surface area contributed by atoms with Crippen LogP contribution in [0.3, 0.4) is 0 Å². The fraction of sp³-hybridized carbons (Fsp3) is 0.545. The van der Waals surface area contributed by atoms with E-state index in [-0.39, 0.29) is 11.1 Å². The highest BCUT2D eigenvalue weighted by molar-refractivity contribution is 5.79. The quantitative estimate of drug-likeness (QED) is 0.413. The zero-order valence-electron chi connectivity index (χ0n) is 26.8. The second-order valence-corrected chi connectivity index (χ2v) is 12.9. The van der Waals surface area contributed by atoms with E-state index in [4.69, 9.17) is 4.74 Å². The van der Waals surface area contributed by atoms with Gasteiger partial charge in [0.2, 0.25) is 6.41 Å². The first kappa shape index (κ1) is 32.9. The summed E-state index contributed by atoms with van der Waals surface area (Å²) in [6.45, 7) is 9.43. The van der Waals surface area contributed by atoms with Gasteiger partial charge in [-0.2, -0.15) is 13.2 Å².